The fourth-order valence-corrected chi connectivity index (χ4v) is 3.14. The maximum Gasteiger partial charge on any atom is 0.222 e. The fourth-order valence-electron chi connectivity index (χ4n) is 3.14. The Kier molecular flexibility index (Phi) is 8.91. The molecule has 1 aliphatic carbocycles. The number of carbonyl (C=O) groups is 1. The lowest BCUT2D eigenvalue weighted by Gasteiger charge is -2.20. The summed E-state index contributed by atoms with van der Waals surface area (Å²) in [5, 5.41) is 9.39. The van der Waals surface area contributed by atoms with Gasteiger partial charge in [0.05, 0.1) is 13.2 Å². The first-order chi connectivity index (χ1) is 13.5. The molecule has 0 aliphatic heterocycles. The van der Waals surface area contributed by atoms with Crippen LogP contribution in [0, 0.1) is 5.92 Å². The minimum Gasteiger partial charge on any atom is -0.493 e. The van der Waals surface area contributed by atoms with Crippen LogP contribution in [0.25, 0.3) is 0 Å². The average Bonchev–Trinajstić information content (AvgIpc) is 3.21. The highest BCUT2D eigenvalue weighted by Crippen LogP contribution is 2.34. The van der Waals surface area contributed by atoms with Gasteiger partial charge in [-0.15, -0.1) is 0 Å². The van der Waals surface area contributed by atoms with E-state index in [1.165, 1.54) is 12.8 Å². The van der Waals surface area contributed by atoms with Crippen molar-refractivity contribution in [3.63, 3.8) is 0 Å². The van der Waals surface area contributed by atoms with Crippen molar-refractivity contribution >= 4 is 11.9 Å². The molecule has 1 aliphatic rings. The van der Waals surface area contributed by atoms with Crippen LogP contribution in [0.4, 0.5) is 0 Å². The number of aliphatic imine (C=N–C) groups is 1. The topological polar surface area (TPSA) is 84.0 Å². The van der Waals surface area contributed by atoms with Gasteiger partial charge in [-0.25, -0.2) is 0 Å². The number of ether oxygens (including phenoxy) is 2. The highest BCUT2D eigenvalue weighted by molar-refractivity contribution is 5.80. The van der Waals surface area contributed by atoms with Gasteiger partial charge in [0.25, 0.3) is 0 Å². The van der Waals surface area contributed by atoms with Crippen molar-refractivity contribution in [3.05, 3.63) is 23.8 Å². The van der Waals surface area contributed by atoms with E-state index in [1.54, 1.807) is 14.2 Å². The first-order valence-electron chi connectivity index (χ1n) is 10.1. The van der Waals surface area contributed by atoms with Crippen LogP contribution in [0.3, 0.4) is 0 Å². The molecule has 0 aromatic heterocycles. The molecule has 3 N–H and O–H groups in total. The van der Waals surface area contributed by atoms with Crippen molar-refractivity contribution in [2.75, 3.05) is 27.2 Å². The van der Waals surface area contributed by atoms with Crippen LogP contribution in [0.5, 0.6) is 11.5 Å². The maximum atomic E-state index is 11.6. The van der Waals surface area contributed by atoms with E-state index in [0.29, 0.717) is 25.6 Å². The minimum atomic E-state index is -0.0104. The third kappa shape index (κ3) is 6.62. The van der Waals surface area contributed by atoms with Crippen molar-refractivity contribution in [1.29, 1.82) is 0 Å². The molecule has 1 aromatic carbocycles. The Bertz CT molecular complexity index is 655. The largest absolute Gasteiger partial charge is 0.493 e. The number of hydrogen-bond acceptors (Lipinski definition) is 4. The number of guanidine groups is 1. The van der Waals surface area contributed by atoms with Crippen molar-refractivity contribution in [2.24, 2.45) is 10.9 Å². The molecule has 1 amide bonds. The van der Waals surface area contributed by atoms with Gasteiger partial charge < -0.3 is 25.4 Å². The van der Waals surface area contributed by atoms with Crippen LogP contribution in [-0.2, 0) is 11.3 Å². The van der Waals surface area contributed by atoms with E-state index < -0.39 is 0 Å². The molecule has 0 heterocycles. The van der Waals surface area contributed by atoms with Gasteiger partial charge in [-0.1, -0.05) is 26.0 Å². The quantitative estimate of drug-likeness (QED) is 0.343. The molecule has 2 rings (SSSR count). The summed E-state index contributed by atoms with van der Waals surface area (Å²) in [5.41, 5.74) is 1.03. The lowest BCUT2D eigenvalue weighted by atomic mass is 10.1. The predicted molar refractivity (Wildman–Crippen MR) is 112 cm³/mol. The molecule has 0 saturated heterocycles. The molecule has 1 saturated carbocycles. The van der Waals surface area contributed by atoms with Crippen LogP contribution in [0.1, 0.15) is 45.1 Å². The third-order valence-corrected chi connectivity index (χ3v) is 4.78. The number of methoxy groups -OCH3 is 1. The van der Waals surface area contributed by atoms with E-state index in [4.69, 9.17) is 9.47 Å². The van der Waals surface area contributed by atoms with Gasteiger partial charge in [-0.05, 0) is 31.7 Å². The zero-order valence-electron chi connectivity index (χ0n) is 17.5. The van der Waals surface area contributed by atoms with Crippen LogP contribution >= 0.6 is 0 Å². The standard InChI is InChI=1S/C21H34N4O3/c1-15(2)20(26)23-12-13-24-21(22-3)25-14-16-8-7-11-18(27-4)19(16)28-17-9-5-6-10-17/h7-8,11,15,17H,5-6,9-10,12-14H2,1-4H3,(H,23,26)(H2,22,24,25). The molecule has 1 fully saturated rings. The zero-order valence-corrected chi connectivity index (χ0v) is 17.5. The molecule has 0 spiro atoms. The number of hydrogen-bond donors (Lipinski definition) is 3. The molecular weight excluding hydrogens is 356 g/mol. The number of nitrogens with one attached hydrogen (secondary N) is 3. The summed E-state index contributed by atoms with van der Waals surface area (Å²) in [6.07, 6.45) is 4.89. The van der Waals surface area contributed by atoms with E-state index in [-0.39, 0.29) is 17.9 Å². The van der Waals surface area contributed by atoms with Gasteiger partial charge in [-0.2, -0.15) is 0 Å². The second kappa shape index (κ2) is 11.4. The monoisotopic (exact) mass is 390 g/mol. The Morgan fingerprint density at radius 2 is 1.89 bits per heavy atom. The van der Waals surface area contributed by atoms with Crippen LogP contribution in [0.2, 0.25) is 0 Å². The zero-order chi connectivity index (χ0) is 20.4. The summed E-state index contributed by atoms with van der Waals surface area (Å²) < 4.78 is 11.8. The first-order valence-corrected chi connectivity index (χ1v) is 10.1. The summed E-state index contributed by atoms with van der Waals surface area (Å²) in [6.45, 7) is 5.47. The molecule has 0 radical (unpaired) electrons. The Morgan fingerprint density at radius 3 is 2.54 bits per heavy atom. The van der Waals surface area contributed by atoms with Crippen LogP contribution in [0.15, 0.2) is 23.2 Å². The van der Waals surface area contributed by atoms with Gasteiger partial charge in [-0.3, -0.25) is 9.79 Å². The Labute approximate surface area is 168 Å². The highest BCUT2D eigenvalue weighted by Gasteiger charge is 2.20. The van der Waals surface area contributed by atoms with E-state index >= 15 is 0 Å². The molecule has 7 heteroatoms. The van der Waals surface area contributed by atoms with Gasteiger partial charge in [0, 0.05) is 38.2 Å². The molecule has 156 valence electrons. The second-order valence-corrected chi connectivity index (χ2v) is 7.27. The Hall–Kier alpha value is -2.44. The number of para-hydroxylation sites is 1. The summed E-state index contributed by atoms with van der Waals surface area (Å²) in [5.74, 6) is 2.28. The SMILES string of the molecule is CN=C(NCCNC(=O)C(C)C)NCc1cccc(OC)c1OC1CCCC1. The predicted octanol–water partition coefficient (Wildman–Crippen LogP) is 2.45. The maximum absolute atomic E-state index is 11.6. The average molecular weight is 391 g/mol. The Morgan fingerprint density at radius 1 is 1.18 bits per heavy atom. The number of rotatable bonds is 9. The lowest BCUT2D eigenvalue weighted by Crippen LogP contribution is -2.41. The number of amides is 1. The molecule has 7 nitrogen and oxygen atoms in total. The minimum absolute atomic E-state index is 0.0104. The van der Waals surface area contributed by atoms with Crippen LogP contribution < -0.4 is 25.4 Å². The van der Waals surface area contributed by atoms with Crippen molar-refractivity contribution < 1.29 is 14.3 Å². The summed E-state index contributed by atoms with van der Waals surface area (Å²) in [4.78, 5) is 15.8. The van der Waals surface area contributed by atoms with E-state index in [0.717, 1.165) is 29.9 Å². The van der Waals surface area contributed by atoms with E-state index in [9.17, 15) is 4.79 Å². The number of benzene rings is 1. The molecule has 28 heavy (non-hydrogen) atoms. The molecular formula is C21H34N4O3. The Balaban J connectivity index is 1.90. The van der Waals surface area contributed by atoms with Gasteiger partial charge in [0.15, 0.2) is 17.5 Å². The first kappa shape index (κ1) is 21.9. The number of nitrogens with zero attached hydrogens (tertiary/aromatic N) is 1. The van der Waals surface area contributed by atoms with Gasteiger partial charge >= 0.3 is 0 Å². The molecule has 1 aromatic rings. The van der Waals surface area contributed by atoms with E-state index in [1.807, 2.05) is 32.0 Å². The fraction of sp³-hybridized carbons (Fsp3) is 0.619. The normalized spacial score (nSPS) is 14.8. The number of carbonyl (C=O) groups excluding carboxylic acids is 1. The molecule has 0 unspecified atom stereocenters. The second-order valence-electron chi connectivity index (χ2n) is 7.27. The molecule has 0 atom stereocenters. The van der Waals surface area contributed by atoms with Crippen molar-refractivity contribution in [2.45, 2.75) is 52.2 Å². The van der Waals surface area contributed by atoms with Gasteiger partial charge in [0.2, 0.25) is 5.91 Å². The van der Waals surface area contributed by atoms with Crippen LogP contribution in [-0.4, -0.2) is 45.2 Å². The summed E-state index contributed by atoms with van der Waals surface area (Å²) in [7, 11) is 3.39. The smallest absolute Gasteiger partial charge is 0.222 e. The van der Waals surface area contributed by atoms with Crippen molar-refractivity contribution in [1.82, 2.24) is 16.0 Å². The highest BCUT2D eigenvalue weighted by atomic mass is 16.5. The van der Waals surface area contributed by atoms with Crippen molar-refractivity contribution in [3.8, 4) is 11.5 Å². The summed E-state index contributed by atoms with van der Waals surface area (Å²) in [6, 6.07) is 5.93. The van der Waals surface area contributed by atoms with Gasteiger partial charge in [0.1, 0.15) is 0 Å². The summed E-state index contributed by atoms with van der Waals surface area (Å²) >= 11 is 0. The van der Waals surface area contributed by atoms with E-state index in [2.05, 4.69) is 20.9 Å². The third-order valence-electron chi connectivity index (χ3n) is 4.78. The molecule has 0 bridgehead atoms. The lowest BCUT2D eigenvalue weighted by molar-refractivity contribution is -0.123.